The van der Waals surface area contributed by atoms with Crippen LogP contribution in [-0.4, -0.2) is 9.55 Å². The molecule has 0 atom stereocenters. The highest BCUT2D eigenvalue weighted by molar-refractivity contribution is 14.1. The maximum Gasteiger partial charge on any atom is 0.195 e. The molecular formula is C25H19IN2O2. The van der Waals surface area contributed by atoms with Crippen molar-refractivity contribution >= 4 is 44.6 Å². The van der Waals surface area contributed by atoms with Crippen molar-refractivity contribution in [2.45, 2.75) is 19.8 Å². The summed E-state index contributed by atoms with van der Waals surface area (Å²) in [5, 5.41) is 0.631. The maximum absolute atomic E-state index is 13.0. The van der Waals surface area contributed by atoms with E-state index in [1.165, 1.54) is 5.56 Å². The van der Waals surface area contributed by atoms with Gasteiger partial charge in [0.25, 0.3) is 0 Å². The summed E-state index contributed by atoms with van der Waals surface area (Å²) >= 11 is 2.21. The monoisotopic (exact) mass is 506 g/mol. The highest BCUT2D eigenvalue weighted by Crippen LogP contribution is 2.24. The van der Waals surface area contributed by atoms with Crippen LogP contribution < -0.4 is 5.43 Å². The Kier molecular flexibility index (Phi) is 4.90. The fourth-order valence-corrected chi connectivity index (χ4v) is 4.33. The lowest BCUT2D eigenvalue weighted by Gasteiger charge is -2.09. The second-order valence-corrected chi connectivity index (χ2v) is 8.67. The average Bonchev–Trinajstić information content (AvgIpc) is 3.11. The summed E-state index contributed by atoms with van der Waals surface area (Å²) in [7, 11) is 0. The van der Waals surface area contributed by atoms with Crippen LogP contribution in [0.1, 0.15) is 17.0 Å². The minimum absolute atomic E-state index is 0.0352. The zero-order valence-corrected chi connectivity index (χ0v) is 18.6. The molecule has 0 aliphatic rings. The Morgan fingerprint density at radius 2 is 1.83 bits per heavy atom. The van der Waals surface area contributed by atoms with Crippen molar-refractivity contribution in [1.29, 1.82) is 0 Å². The highest BCUT2D eigenvalue weighted by atomic mass is 127. The molecule has 0 N–H and O–H groups in total. The first-order valence-corrected chi connectivity index (χ1v) is 10.9. The van der Waals surface area contributed by atoms with Crippen molar-refractivity contribution in [2.75, 3.05) is 0 Å². The Hall–Kier alpha value is -2.93. The Morgan fingerprint density at radius 3 is 2.67 bits per heavy atom. The predicted octanol–water partition coefficient (Wildman–Crippen LogP) is 5.83. The zero-order valence-electron chi connectivity index (χ0n) is 16.4. The molecule has 0 spiro atoms. The maximum atomic E-state index is 13.0. The molecule has 0 unspecified atom stereocenters. The van der Waals surface area contributed by atoms with E-state index in [0.29, 0.717) is 29.4 Å². The molecule has 2 heterocycles. The molecule has 0 fully saturated rings. The number of hydrogen-bond acceptors (Lipinski definition) is 3. The van der Waals surface area contributed by atoms with Gasteiger partial charge in [-0.2, -0.15) is 0 Å². The van der Waals surface area contributed by atoms with Crippen molar-refractivity contribution in [3.05, 3.63) is 104 Å². The fraction of sp³-hybridized carbons (Fsp3) is 0.120. The number of benzene rings is 3. The lowest BCUT2D eigenvalue weighted by Crippen LogP contribution is -2.11. The van der Waals surface area contributed by atoms with Crippen LogP contribution in [0.15, 0.2) is 82.2 Å². The Balaban J connectivity index is 1.57. The lowest BCUT2D eigenvalue weighted by atomic mass is 10.1. The van der Waals surface area contributed by atoms with Crippen molar-refractivity contribution in [3.63, 3.8) is 0 Å². The van der Waals surface area contributed by atoms with Gasteiger partial charge in [0, 0.05) is 21.2 Å². The lowest BCUT2D eigenvalue weighted by molar-refractivity contribution is 0.591. The molecule has 5 rings (SSSR count). The van der Waals surface area contributed by atoms with E-state index in [9.17, 15) is 4.79 Å². The minimum atomic E-state index is 0.0352. The van der Waals surface area contributed by atoms with E-state index in [2.05, 4.69) is 64.4 Å². The topological polar surface area (TPSA) is 48.0 Å². The quantitative estimate of drug-likeness (QED) is 0.288. The number of fused-ring (bicyclic) bond motifs is 2. The number of halogens is 1. The van der Waals surface area contributed by atoms with Gasteiger partial charge in [0.2, 0.25) is 0 Å². The Labute approximate surface area is 187 Å². The first kappa shape index (κ1) is 19.1. The van der Waals surface area contributed by atoms with E-state index < -0.39 is 0 Å². The van der Waals surface area contributed by atoms with E-state index >= 15 is 0 Å². The van der Waals surface area contributed by atoms with Crippen LogP contribution in [0.25, 0.3) is 27.7 Å². The molecule has 5 heteroatoms. The number of para-hydroxylation sites is 1. The largest absolute Gasteiger partial charge is 0.464 e. The molecule has 3 aromatic carbocycles. The van der Waals surface area contributed by atoms with E-state index in [1.54, 1.807) is 6.26 Å². The minimum Gasteiger partial charge on any atom is -0.464 e. The summed E-state index contributed by atoms with van der Waals surface area (Å²) in [6.07, 6.45) is 2.80. The summed E-state index contributed by atoms with van der Waals surface area (Å²) in [5.41, 5.74) is 5.61. The van der Waals surface area contributed by atoms with Gasteiger partial charge in [0.05, 0.1) is 22.7 Å². The molecule has 5 aromatic rings. The summed E-state index contributed by atoms with van der Waals surface area (Å²) in [6.45, 7) is 2.07. The summed E-state index contributed by atoms with van der Waals surface area (Å²) in [4.78, 5) is 17.9. The third-order valence-corrected chi connectivity index (χ3v) is 5.99. The van der Waals surface area contributed by atoms with Crippen molar-refractivity contribution < 1.29 is 4.42 Å². The molecular weight excluding hydrogens is 487 g/mol. The molecule has 2 aromatic heterocycles. The Bertz CT molecular complexity index is 1430. The second-order valence-electron chi connectivity index (χ2n) is 7.42. The number of aromatic nitrogens is 2. The van der Waals surface area contributed by atoms with Gasteiger partial charge in [0.15, 0.2) is 5.43 Å². The van der Waals surface area contributed by atoms with Gasteiger partial charge >= 0.3 is 0 Å². The molecule has 4 nitrogen and oxygen atoms in total. The van der Waals surface area contributed by atoms with Crippen LogP contribution >= 0.6 is 22.6 Å². The van der Waals surface area contributed by atoms with Gasteiger partial charge in [-0.1, -0.05) is 24.3 Å². The standard InChI is InChI=1S/C25H19IN2O2/c1-16-7-10-22-21(13-16)27-24(28(22)19-5-3-2-4-6-19)12-8-17-15-30-23-11-9-18(26)14-20(23)25(17)29/h2-7,9-11,13-15H,8,12H2,1H3. The van der Waals surface area contributed by atoms with Gasteiger partial charge in [-0.05, 0) is 84.0 Å². The van der Waals surface area contributed by atoms with Crippen LogP contribution in [0, 0.1) is 10.5 Å². The first-order chi connectivity index (χ1) is 14.6. The molecule has 148 valence electrons. The van der Waals surface area contributed by atoms with E-state index in [4.69, 9.17) is 9.40 Å². The SMILES string of the molecule is Cc1ccc2c(c1)nc(CCc1coc3ccc(I)cc3c1=O)n2-c1ccccc1. The molecule has 0 aliphatic carbocycles. The van der Waals surface area contributed by atoms with Crippen molar-refractivity contribution in [3.8, 4) is 5.69 Å². The molecule has 0 saturated heterocycles. The van der Waals surface area contributed by atoms with Gasteiger partial charge in [0.1, 0.15) is 11.4 Å². The number of aryl methyl sites for hydroxylation is 3. The molecule has 30 heavy (non-hydrogen) atoms. The van der Waals surface area contributed by atoms with Gasteiger partial charge in [-0.15, -0.1) is 0 Å². The predicted molar refractivity (Wildman–Crippen MR) is 128 cm³/mol. The van der Waals surface area contributed by atoms with Crippen molar-refractivity contribution in [2.24, 2.45) is 0 Å². The normalized spacial score (nSPS) is 11.4. The molecule has 0 bridgehead atoms. The zero-order chi connectivity index (χ0) is 20.7. The van der Waals surface area contributed by atoms with Crippen molar-refractivity contribution in [1.82, 2.24) is 9.55 Å². The summed E-state index contributed by atoms with van der Waals surface area (Å²) in [6, 6.07) is 22.2. The van der Waals surface area contributed by atoms with E-state index in [1.807, 2.05) is 36.4 Å². The van der Waals surface area contributed by atoms with E-state index in [-0.39, 0.29) is 5.43 Å². The van der Waals surface area contributed by atoms with Crippen LogP contribution in [0.5, 0.6) is 0 Å². The van der Waals surface area contributed by atoms with Gasteiger partial charge in [-0.3, -0.25) is 9.36 Å². The third-order valence-electron chi connectivity index (χ3n) is 5.32. The van der Waals surface area contributed by atoms with E-state index in [0.717, 1.165) is 26.1 Å². The van der Waals surface area contributed by atoms with Crippen LogP contribution in [0.2, 0.25) is 0 Å². The number of nitrogens with zero attached hydrogens (tertiary/aromatic N) is 2. The molecule has 0 aliphatic heterocycles. The van der Waals surface area contributed by atoms with Gasteiger partial charge in [-0.25, -0.2) is 4.98 Å². The number of imidazole rings is 1. The molecule has 0 radical (unpaired) electrons. The van der Waals surface area contributed by atoms with Crippen LogP contribution in [0.3, 0.4) is 0 Å². The highest BCUT2D eigenvalue weighted by Gasteiger charge is 2.14. The van der Waals surface area contributed by atoms with Gasteiger partial charge < -0.3 is 4.42 Å². The third kappa shape index (κ3) is 3.43. The molecule has 0 amide bonds. The summed E-state index contributed by atoms with van der Waals surface area (Å²) in [5.74, 6) is 0.934. The average molecular weight is 506 g/mol. The Morgan fingerprint density at radius 1 is 1.00 bits per heavy atom. The number of hydrogen-bond donors (Lipinski definition) is 0. The molecule has 0 saturated carbocycles. The number of rotatable bonds is 4. The fourth-order valence-electron chi connectivity index (χ4n) is 3.84. The first-order valence-electron chi connectivity index (χ1n) is 9.83. The smallest absolute Gasteiger partial charge is 0.195 e. The second kappa shape index (κ2) is 7.72. The van der Waals surface area contributed by atoms with Crippen LogP contribution in [-0.2, 0) is 12.8 Å². The van der Waals surface area contributed by atoms with Crippen LogP contribution in [0.4, 0.5) is 0 Å². The summed E-state index contributed by atoms with van der Waals surface area (Å²) < 4.78 is 8.93.